The predicted molar refractivity (Wildman–Crippen MR) is 35.5 cm³/mol. The molecule has 0 spiro atoms. The second-order valence-corrected chi connectivity index (χ2v) is 2.94. The van der Waals surface area contributed by atoms with Crippen LogP contribution >= 0.6 is 0 Å². The van der Waals surface area contributed by atoms with Gasteiger partial charge in [0.2, 0.25) is 5.92 Å². The summed E-state index contributed by atoms with van der Waals surface area (Å²) in [6.07, 6.45) is 3.14. The highest BCUT2D eigenvalue weighted by molar-refractivity contribution is 5.06. The molecule has 0 aromatic carbocycles. The van der Waals surface area contributed by atoms with E-state index in [2.05, 4.69) is 9.97 Å². The summed E-state index contributed by atoms with van der Waals surface area (Å²) < 4.78 is 24.7. The molecule has 11 heavy (non-hydrogen) atoms. The Hall–Kier alpha value is -0.930. The van der Waals surface area contributed by atoms with E-state index in [-0.39, 0.29) is 18.8 Å². The van der Waals surface area contributed by atoms with Crippen LogP contribution in [0.3, 0.4) is 0 Å². The maximum Gasteiger partial charge on any atom is 0.249 e. The molecule has 2 nitrogen and oxygen atoms in total. The number of halogens is 2. The van der Waals surface area contributed by atoms with Crippen molar-refractivity contribution >= 4 is 0 Å². The van der Waals surface area contributed by atoms with Gasteiger partial charge in [0.25, 0.3) is 0 Å². The Labute approximate surface area is 62.6 Å². The van der Waals surface area contributed by atoms with Crippen molar-refractivity contribution in [3.8, 4) is 0 Å². The number of hydrogen-bond acceptors (Lipinski definition) is 1. The number of alkyl halides is 2. The average molecular weight is 158 g/mol. The molecule has 1 aromatic rings. The van der Waals surface area contributed by atoms with Crippen molar-refractivity contribution in [2.75, 3.05) is 0 Å². The van der Waals surface area contributed by atoms with E-state index in [4.69, 9.17) is 0 Å². The van der Waals surface area contributed by atoms with Gasteiger partial charge in [-0.05, 0) is 0 Å². The Morgan fingerprint density at radius 2 is 2.27 bits per heavy atom. The zero-order valence-corrected chi connectivity index (χ0v) is 5.85. The van der Waals surface area contributed by atoms with Crippen molar-refractivity contribution in [1.82, 2.24) is 9.97 Å². The highest BCUT2D eigenvalue weighted by Gasteiger charge is 2.46. The minimum absolute atomic E-state index is 0.0550. The highest BCUT2D eigenvalue weighted by Crippen LogP contribution is 2.46. The molecule has 1 aliphatic carbocycles. The fraction of sp³-hybridized carbons (Fsp3) is 0.571. The van der Waals surface area contributed by atoms with Gasteiger partial charge in [0.1, 0.15) is 5.82 Å². The molecule has 1 N–H and O–H groups in total. The Bertz CT molecular complexity index is 235. The second-order valence-electron chi connectivity index (χ2n) is 2.94. The Morgan fingerprint density at radius 1 is 1.55 bits per heavy atom. The fourth-order valence-electron chi connectivity index (χ4n) is 1.36. The van der Waals surface area contributed by atoms with E-state index in [1.807, 2.05) is 0 Å². The Balaban J connectivity index is 2.03. The molecule has 0 saturated heterocycles. The smallest absolute Gasteiger partial charge is 0.249 e. The maximum absolute atomic E-state index is 12.3. The minimum atomic E-state index is -2.45. The van der Waals surface area contributed by atoms with Gasteiger partial charge in [-0.25, -0.2) is 13.8 Å². The minimum Gasteiger partial charge on any atom is -0.348 e. The lowest BCUT2D eigenvalue weighted by molar-refractivity contribution is -0.0883. The zero-order chi connectivity index (χ0) is 7.90. The van der Waals surface area contributed by atoms with Gasteiger partial charge in [-0.3, -0.25) is 0 Å². The molecule has 2 rings (SSSR count). The van der Waals surface area contributed by atoms with E-state index in [1.54, 1.807) is 12.4 Å². The van der Waals surface area contributed by atoms with Crippen LogP contribution in [0.5, 0.6) is 0 Å². The molecular weight excluding hydrogens is 150 g/mol. The summed E-state index contributed by atoms with van der Waals surface area (Å²) in [5, 5.41) is 0. The van der Waals surface area contributed by atoms with Gasteiger partial charge in [0.15, 0.2) is 0 Å². The summed E-state index contributed by atoms with van der Waals surface area (Å²) in [6.45, 7) is 0. The number of imidazole rings is 1. The van der Waals surface area contributed by atoms with E-state index in [1.165, 1.54) is 0 Å². The molecule has 1 aliphatic rings. The molecule has 60 valence electrons. The molecule has 0 aliphatic heterocycles. The summed E-state index contributed by atoms with van der Waals surface area (Å²) in [6, 6.07) is 0. The normalized spacial score (nSPS) is 23.1. The Morgan fingerprint density at radius 3 is 2.73 bits per heavy atom. The van der Waals surface area contributed by atoms with Gasteiger partial charge in [-0.2, -0.15) is 0 Å². The quantitative estimate of drug-likeness (QED) is 0.664. The first-order chi connectivity index (χ1) is 5.17. The predicted octanol–water partition coefficient (Wildman–Crippen LogP) is 1.92. The molecule has 0 radical (unpaired) electrons. The summed E-state index contributed by atoms with van der Waals surface area (Å²) in [4.78, 5) is 6.75. The fourth-order valence-corrected chi connectivity index (χ4v) is 1.36. The molecule has 1 aromatic heterocycles. The molecule has 1 fully saturated rings. The molecule has 1 heterocycles. The lowest BCUT2D eigenvalue weighted by atomic mass is 9.81. The number of nitrogens with zero attached hydrogens (tertiary/aromatic N) is 1. The van der Waals surface area contributed by atoms with Crippen molar-refractivity contribution in [1.29, 1.82) is 0 Å². The molecule has 0 amide bonds. The van der Waals surface area contributed by atoms with Crippen LogP contribution < -0.4 is 0 Å². The molecule has 1 saturated carbocycles. The SMILES string of the molecule is FC1(F)CC(c2ncc[nH]2)C1. The van der Waals surface area contributed by atoms with Crippen molar-refractivity contribution in [3.63, 3.8) is 0 Å². The first kappa shape index (κ1) is 6.76. The molecule has 0 unspecified atom stereocenters. The van der Waals surface area contributed by atoms with E-state index in [9.17, 15) is 8.78 Å². The second kappa shape index (κ2) is 2.03. The van der Waals surface area contributed by atoms with Crippen LogP contribution in [0, 0.1) is 0 Å². The summed E-state index contributed by atoms with van der Waals surface area (Å²) >= 11 is 0. The number of aromatic amines is 1. The van der Waals surface area contributed by atoms with Crippen molar-refractivity contribution < 1.29 is 8.78 Å². The van der Waals surface area contributed by atoms with Gasteiger partial charge < -0.3 is 4.98 Å². The largest absolute Gasteiger partial charge is 0.348 e. The van der Waals surface area contributed by atoms with Crippen LogP contribution in [0.25, 0.3) is 0 Å². The number of nitrogens with one attached hydrogen (secondary N) is 1. The first-order valence-electron chi connectivity index (χ1n) is 3.54. The van der Waals surface area contributed by atoms with E-state index >= 15 is 0 Å². The number of H-pyrrole nitrogens is 1. The van der Waals surface area contributed by atoms with Gasteiger partial charge in [-0.1, -0.05) is 0 Å². The molecule has 0 atom stereocenters. The van der Waals surface area contributed by atoms with E-state index < -0.39 is 5.92 Å². The summed E-state index contributed by atoms with van der Waals surface area (Å²) in [5.41, 5.74) is 0. The lowest BCUT2D eigenvalue weighted by Gasteiger charge is -2.33. The molecular formula is C7H8F2N2. The third-order valence-electron chi connectivity index (χ3n) is 2.00. The lowest BCUT2D eigenvalue weighted by Crippen LogP contribution is -2.34. The van der Waals surface area contributed by atoms with Gasteiger partial charge in [0.05, 0.1) is 0 Å². The van der Waals surface area contributed by atoms with Crippen LogP contribution in [-0.2, 0) is 0 Å². The van der Waals surface area contributed by atoms with Gasteiger partial charge >= 0.3 is 0 Å². The van der Waals surface area contributed by atoms with Crippen LogP contribution in [-0.4, -0.2) is 15.9 Å². The van der Waals surface area contributed by atoms with Crippen LogP contribution in [0.4, 0.5) is 8.78 Å². The first-order valence-corrected chi connectivity index (χ1v) is 3.54. The average Bonchev–Trinajstić information content (AvgIpc) is 2.32. The van der Waals surface area contributed by atoms with Crippen LogP contribution in [0.15, 0.2) is 12.4 Å². The van der Waals surface area contributed by atoms with Crippen molar-refractivity contribution in [3.05, 3.63) is 18.2 Å². The number of aromatic nitrogens is 2. The van der Waals surface area contributed by atoms with Crippen molar-refractivity contribution in [2.45, 2.75) is 24.7 Å². The van der Waals surface area contributed by atoms with Crippen LogP contribution in [0.2, 0.25) is 0 Å². The molecule has 4 heteroatoms. The monoisotopic (exact) mass is 158 g/mol. The van der Waals surface area contributed by atoms with E-state index in [0.29, 0.717) is 5.82 Å². The third kappa shape index (κ3) is 1.13. The zero-order valence-electron chi connectivity index (χ0n) is 5.85. The number of hydrogen-bond donors (Lipinski definition) is 1. The van der Waals surface area contributed by atoms with Gasteiger partial charge in [-0.15, -0.1) is 0 Å². The summed E-state index contributed by atoms with van der Waals surface area (Å²) in [5.74, 6) is -1.81. The maximum atomic E-state index is 12.3. The standard InChI is InChI=1S/C7H8F2N2/c8-7(9)3-5(4-7)6-10-1-2-11-6/h1-2,5H,3-4H2,(H,10,11). The third-order valence-corrected chi connectivity index (χ3v) is 2.00. The van der Waals surface area contributed by atoms with Gasteiger partial charge in [0, 0.05) is 31.2 Å². The van der Waals surface area contributed by atoms with Crippen molar-refractivity contribution in [2.24, 2.45) is 0 Å². The number of rotatable bonds is 1. The highest BCUT2D eigenvalue weighted by atomic mass is 19.3. The summed E-state index contributed by atoms with van der Waals surface area (Å²) in [7, 11) is 0. The Kier molecular flexibility index (Phi) is 1.25. The van der Waals surface area contributed by atoms with Crippen LogP contribution in [0.1, 0.15) is 24.6 Å². The van der Waals surface area contributed by atoms with E-state index in [0.717, 1.165) is 0 Å². The molecule has 0 bridgehead atoms. The topological polar surface area (TPSA) is 28.7 Å².